The quantitative estimate of drug-likeness (QED) is 0.794. The highest BCUT2D eigenvalue weighted by molar-refractivity contribution is 5.81. The van der Waals surface area contributed by atoms with Gasteiger partial charge in [0.2, 0.25) is 5.91 Å². The first-order chi connectivity index (χ1) is 9.08. The molecule has 0 saturated carbocycles. The molecule has 0 aromatic heterocycles. The maximum atomic E-state index is 11.9. The molecule has 0 aliphatic rings. The van der Waals surface area contributed by atoms with Crippen molar-refractivity contribution < 1.29 is 9.53 Å². The first-order valence-electron chi connectivity index (χ1n) is 6.78. The minimum absolute atomic E-state index is 0.0499. The Morgan fingerprint density at radius 1 is 1.37 bits per heavy atom. The molecule has 0 aliphatic carbocycles. The highest BCUT2D eigenvalue weighted by atomic mass is 16.5. The Morgan fingerprint density at radius 3 is 2.53 bits per heavy atom. The number of rotatable bonds is 7. The topological polar surface area (TPSA) is 64.4 Å². The zero-order valence-corrected chi connectivity index (χ0v) is 12.0. The summed E-state index contributed by atoms with van der Waals surface area (Å²) < 4.78 is 5.11. The van der Waals surface area contributed by atoms with E-state index >= 15 is 0 Å². The summed E-state index contributed by atoms with van der Waals surface area (Å²) in [7, 11) is 1.63. The third-order valence-corrected chi connectivity index (χ3v) is 3.18. The van der Waals surface area contributed by atoms with Crippen molar-refractivity contribution in [2.24, 2.45) is 5.73 Å². The van der Waals surface area contributed by atoms with E-state index in [1.54, 1.807) is 7.11 Å². The van der Waals surface area contributed by atoms with Gasteiger partial charge in [-0.2, -0.15) is 0 Å². The monoisotopic (exact) mass is 264 g/mol. The first-order valence-corrected chi connectivity index (χ1v) is 6.78. The van der Waals surface area contributed by atoms with Crippen molar-refractivity contribution in [1.82, 2.24) is 5.32 Å². The maximum absolute atomic E-state index is 11.9. The van der Waals surface area contributed by atoms with Gasteiger partial charge in [0.1, 0.15) is 5.75 Å². The van der Waals surface area contributed by atoms with Gasteiger partial charge in [0.25, 0.3) is 0 Å². The van der Waals surface area contributed by atoms with Crippen molar-refractivity contribution in [3.8, 4) is 5.75 Å². The van der Waals surface area contributed by atoms with Gasteiger partial charge in [0.15, 0.2) is 0 Å². The number of methoxy groups -OCH3 is 1. The second-order valence-electron chi connectivity index (χ2n) is 4.75. The van der Waals surface area contributed by atoms with Crippen LogP contribution in [0.5, 0.6) is 5.75 Å². The van der Waals surface area contributed by atoms with Crippen molar-refractivity contribution in [1.29, 1.82) is 0 Å². The number of nitrogens with one attached hydrogen (secondary N) is 1. The minimum Gasteiger partial charge on any atom is -0.497 e. The summed E-state index contributed by atoms with van der Waals surface area (Å²) in [6.07, 6.45) is 2.76. The minimum atomic E-state index is -0.416. The fourth-order valence-electron chi connectivity index (χ4n) is 1.85. The second kappa shape index (κ2) is 7.79. The summed E-state index contributed by atoms with van der Waals surface area (Å²) in [6, 6.07) is 7.19. The van der Waals surface area contributed by atoms with Gasteiger partial charge in [-0.15, -0.1) is 0 Å². The molecule has 0 unspecified atom stereocenters. The van der Waals surface area contributed by atoms with Crippen molar-refractivity contribution in [2.45, 2.75) is 45.2 Å². The Bertz CT molecular complexity index is 390. The van der Waals surface area contributed by atoms with E-state index in [2.05, 4.69) is 12.2 Å². The highest BCUT2D eigenvalue weighted by Gasteiger charge is 2.15. The molecule has 1 amide bonds. The number of hydrogen-bond acceptors (Lipinski definition) is 3. The van der Waals surface area contributed by atoms with Crippen LogP contribution in [-0.2, 0) is 4.79 Å². The zero-order valence-electron chi connectivity index (χ0n) is 12.0. The van der Waals surface area contributed by atoms with Crippen LogP contribution in [0, 0.1) is 0 Å². The fraction of sp³-hybridized carbons (Fsp3) is 0.533. The molecule has 1 rings (SSSR count). The lowest BCUT2D eigenvalue weighted by atomic mass is 10.1. The van der Waals surface area contributed by atoms with E-state index in [0.29, 0.717) is 0 Å². The molecule has 19 heavy (non-hydrogen) atoms. The molecule has 0 radical (unpaired) electrons. The van der Waals surface area contributed by atoms with Crippen LogP contribution in [0.15, 0.2) is 24.3 Å². The second-order valence-corrected chi connectivity index (χ2v) is 4.75. The third kappa shape index (κ3) is 4.91. The van der Waals surface area contributed by atoms with Crippen molar-refractivity contribution in [3.63, 3.8) is 0 Å². The van der Waals surface area contributed by atoms with Gasteiger partial charge < -0.3 is 15.8 Å². The van der Waals surface area contributed by atoms with Gasteiger partial charge in [0.05, 0.1) is 19.2 Å². The van der Waals surface area contributed by atoms with Gasteiger partial charge in [-0.05, 0) is 31.0 Å². The molecule has 0 saturated heterocycles. The van der Waals surface area contributed by atoms with E-state index in [1.807, 2.05) is 31.2 Å². The van der Waals surface area contributed by atoms with Crippen molar-refractivity contribution in [2.75, 3.05) is 7.11 Å². The maximum Gasteiger partial charge on any atom is 0.237 e. The summed E-state index contributed by atoms with van der Waals surface area (Å²) in [5.74, 6) is 0.721. The molecule has 0 bridgehead atoms. The molecule has 1 aromatic rings. The lowest BCUT2D eigenvalue weighted by molar-refractivity contribution is -0.123. The molecule has 0 spiro atoms. The van der Waals surface area contributed by atoms with E-state index in [-0.39, 0.29) is 11.9 Å². The summed E-state index contributed by atoms with van der Waals surface area (Å²) in [6.45, 7) is 4.04. The Kier molecular flexibility index (Phi) is 6.36. The van der Waals surface area contributed by atoms with Gasteiger partial charge >= 0.3 is 0 Å². The van der Waals surface area contributed by atoms with Crippen LogP contribution in [-0.4, -0.2) is 19.1 Å². The normalized spacial score (nSPS) is 13.7. The van der Waals surface area contributed by atoms with Crippen LogP contribution in [0.25, 0.3) is 0 Å². The average molecular weight is 264 g/mol. The van der Waals surface area contributed by atoms with E-state index < -0.39 is 6.04 Å². The van der Waals surface area contributed by atoms with Crippen LogP contribution in [0.2, 0.25) is 0 Å². The third-order valence-electron chi connectivity index (χ3n) is 3.18. The standard InChI is InChI=1S/C15H24N2O2/c1-4-5-6-14(16)15(18)17-11(2)12-7-9-13(19-3)10-8-12/h7-11,14H,4-6,16H2,1-3H3,(H,17,18)/t11-,14-/m0/s1. The molecule has 3 N–H and O–H groups in total. The zero-order chi connectivity index (χ0) is 14.3. The van der Waals surface area contributed by atoms with Crippen LogP contribution in [0.3, 0.4) is 0 Å². The van der Waals surface area contributed by atoms with E-state index in [4.69, 9.17) is 10.5 Å². The predicted molar refractivity (Wildman–Crippen MR) is 77.1 cm³/mol. The van der Waals surface area contributed by atoms with Crippen LogP contribution in [0.4, 0.5) is 0 Å². The Balaban J connectivity index is 2.53. The number of unbranched alkanes of at least 4 members (excludes halogenated alkanes) is 1. The first kappa shape index (κ1) is 15.5. The fourth-order valence-corrected chi connectivity index (χ4v) is 1.85. The molecule has 4 heteroatoms. The van der Waals surface area contributed by atoms with Gasteiger partial charge in [-0.25, -0.2) is 0 Å². The van der Waals surface area contributed by atoms with E-state index in [9.17, 15) is 4.79 Å². The summed E-state index contributed by atoms with van der Waals surface area (Å²) in [4.78, 5) is 11.9. The van der Waals surface area contributed by atoms with Crippen LogP contribution in [0.1, 0.15) is 44.7 Å². The molecule has 2 atom stereocenters. The molecule has 1 aromatic carbocycles. The molecule has 0 fully saturated rings. The Hall–Kier alpha value is -1.55. The van der Waals surface area contributed by atoms with E-state index in [1.165, 1.54) is 0 Å². The largest absolute Gasteiger partial charge is 0.497 e. The highest BCUT2D eigenvalue weighted by Crippen LogP contribution is 2.17. The number of amides is 1. The number of benzene rings is 1. The van der Waals surface area contributed by atoms with Crippen LogP contribution < -0.4 is 15.8 Å². The van der Waals surface area contributed by atoms with E-state index in [0.717, 1.165) is 30.6 Å². The Morgan fingerprint density at radius 2 is 2.00 bits per heavy atom. The number of carbonyl (C=O) groups is 1. The smallest absolute Gasteiger partial charge is 0.237 e. The Labute approximate surface area is 115 Å². The summed E-state index contributed by atoms with van der Waals surface area (Å²) >= 11 is 0. The molecular formula is C15H24N2O2. The molecule has 106 valence electrons. The van der Waals surface area contributed by atoms with Crippen molar-refractivity contribution >= 4 is 5.91 Å². The van der Waals surface area contributed by atoms with Crippen LogP contribution >= 0.6 is 0 Å². The molecule has 4 nitrogen and oxygen atoms in total. The lowest BCUT2D eigenvalue weighted by Gasteiger charge is -2.18. The number of ether oxygens (including phenoxy) is 1. The lowest BCUT2D eigenvalue weighted by Crippen LogP contribution is -2.41. The molecular weight excluding hydrogens is 240 g/mol. The number of hydrogen-bond donors (Lipinski definition) is 2. The summed E-state index contributed by atoms with van der Waals surface area (Å²) in [5.41, 5.74) is 6.88. The molecule has 0 aliphatic heterocycles. The SMILES string of the molecule is CCCC[C@H](N)C(=O)N[C@@H](C)c1ccc(OC)cc1. The number of carbonyl (C=O) groups excluding carboxylic acids is 1. The average Bonchev–Trinajstić information content (AvgIpc) is 2.44. The van der Waals surface area contributed by atoms with Gasteiger partial charge in [0, 0.05) is 0 Å². The predicted octanol–water partition coefficient (Wildman–Crippen LogP) is 2.39. The van der Waals surface area contributed by atoms with Gasteiger partial charge in [-0.3, -0.25) is 4.79 Å². The molecule has 0 heterocycles. The van der Waals surface area contributed by atoms with Gasteiger partial charge in [-0.1, -0.05) is 31.9 Å². The van der Waals surface area contributed by atoms with Crippen molar-refractivity contribution in [3.05, 3.63) is 29.8 Å². The summed E-state index contributed by atoms with van der Waals surface area (Å²) in [5, 5.41) is 2.94. The number of nitrogens with two attached hydrogens (primary N) is 1.